The van der Waals surface area contributed by atoms with Gasteiger partial charge in [-0.3, -0.25) is 0 Å². The van der Waals surface area contributed by atoms with Crippen LogP contribution in [0, 0.1) is 5.92 Å². The van der Waals surface area contributed by atoms with Crippen molar-refractivity contribution < 1.29 is 9.47 Å². The highest BCUT2D eigenvalue weighted by molar-refractivity contribution is 5.44. The molecule has 1 saturated carbocycles. The van der Waals surface area contributed by atoms with E-state index >= 15 is 0 Å². The van der Waals surface area contributed by atoms with Crippen LogP contribution in [-0.4, -0.2) is 20.8 Å². The molecule has 1 aromatic carbocycles. The number of nitrogens with one attached hydrogen (secondary N) is 1. The fourth-order valence-electron chi connectivity index (χ4n) is 2.60. The molecule has 0 aliphatic heterocycles. The maximum absolute atomic E-state index is 5.38. The monoisotopic (exact) mass is 249 g/mol. The van der Waals surface area contributed by atoms with E-state index in [1.807, 2.05) is 6.07 Å². The Morgan fingerprint density at radius 3 is 2.44 bits per heavy atom. The third-order valence-corrected chi connectivity index (χ3v) is 3.81. The zero-order chi connectivity index (χ0) is 13.0. The Morgan fingerprint density at radius 2 is 1.94 bits per heavy atom. The molecule has 3 nitrogen and oxygen atoms in total. The highest BCUT2D eigenvalue weighted by Crippen LogP contribution is 2.40. The van der Waals surface area contributed by atoms with Crippen LogP contribution in [-0.2, 0) is 0 Å². The molecule has 3 heteroatoms. The Bertz CT molecular complexity index is 388. The fraction of sp³-hybridized carbons (Fsp3) is 0.600. The molecule has 0 spiro atoms. The van der Waals surface area contributed by atoms with Gasteiger partial charge in [-0.05, 0) is 43.0 Å². The lowest BCUT2D eigenvalue weighted by atomic mass is 9.77. The van der Waals surface area contributed by atoms with E-state index in [-0.39, 0.29) is 0 Å². The lowest BCUT2D eigenvalue weighted by molar-refractivity contribution is 0.232. The molecular weight excluding hydrogens is 226 g/mol. The molecule has 1 aliphatic carbocycles. The fourth-order valence-corrected chi connectivity index (χ4v) is 2.60. The van der Waals surface area contributed by atoms with Crippen LogP contribution in [0.2, 0.25) is 0 Å². The molecule has 1 fully saturated rings. The number of rotatable bonds is 6. The molecule has 18 heavy (non-hydrogen) atoms. The van der Waals surface area contributed by atoms with Crippen molar-refractivity contribution in [1.29, 1.82) is 0 Å². The third kappa shape index (κ3) is 2.61. The van der Waals surface area contributed by atoms with Crippen molar-refractivity contribution in [3.05, 3.63) is 23.8 Å². The van der Waals surface area contributed by atoms with Crippen LogP contribution in [0.3, 0.4) is 0 Å². The standard InChI is InChI=1S/C15H23NO2/c1-4-16-15(11-6-5-7-11)12-8-9-13(17-2)14(10-12)18-3/h8-11,15-16H,4-7H2,1-3H3. The summed E-state index contributed by atoms with van der Waals surface area (Å²) in [6.45, 7) is 3.15. The first-order valence-electron chi connectivity index (χ1n) is 6.75. The molecule has 0 bridgehead atoms. The zero-order valence-electron chi connectivity index (χ0n) is 11.5. The summed E-state index contributed by atoms with van der Waals surface area (Å²) >= 11 is 0. The Hall–Kier alpha value is -1.22. The van der Waals surface area contributed by atoms with Crippen molar-refractivity contribution in [2.45, 2.75) is 32.2 Å². The zero-order valence-corrected chi connectivity index (χ0v) is 11.5. The van der Waals surface area contributed by atoms with E-state index in [1.54, 1.807) is 14.2 Å². The molecule has 1 unspecified atom stereocenters. The maximum Gasteiger partial charge on any atom is 0.161 e. The molecule has 0 amide bonds. The molecule has 1 aromatic rings. The van der Waals surface area contributed by atoms with Gasteiger partial charge in [0.15, 0.2) is 11.5 Å². The van der Waals surface area contributed by atoms with Gasteiger partial charge in [0.1, 0.15) is 0 Å². The Labute approximate surface area is 109 Å². The second kappa shape index (κ2) is 6.10. The van der Waals surface area contributed by atoms with Crippen LogP contribution in [0.25, 0.3) is 0 Å². The van der Waals surface area contributed by atoms with E-state index in [9.17, 15) is 0 Å². The molecule has 2 rings (SSSR count). The summed E-state index contributed by atoms with van der Waals surface area (Å²) in [6, 6.07) is 6.69. The molecule has 1 atom stereocenters. The highest BCUT2D eigenvalue weighted by atomic mass is 16.5. The van der Waals surface area contributed by atoms with Gasteiger partial charge in [-0.15, -0.1) is 0 Å². The van der Waals surface area contributed by atoms with Crippen molar-refractivity contribution in [3.8, 4) is 11.5 Å². The smallest absolute Gasteiger partial charge is 0.161 e. The normalized spacial score (nSPS) is 17.1. The maximum atomic E-state index is 5.38. The first kappa shape index (κ1) is 13.2. The van der Waals surface area contributed by atoms with Crippen LogP contribution in [0.15, 0.2) is 18.2 Å². The second-order valence-electron chi connectivity index (χ2n) is 4.84. The van der Waals surface area contributed by atoms with Crippen molar-refractivity contribution in [1.82, 2.24) is 5.32 Å². The molecule has 0 radical (unpaired) electrons. The van der Waals surface area contributed by atoms with Crippen LogP contribution >= 0.6 is 0 Å². The first-order valence-corrected chi connectivity index (χ1v) is 6.75. The molecule has 0 aromatic heterocycles. The summed E-state index contributed by atoms with van der Waals surface area (Å²) in [5, 5.41) is 3.59. The topological polar surface area (TPSA) is 30.5 Å². The number of benzene rings is 1. The quantitative estimate of drug-likeness (QED) is 0.840. The highest BCUT2D eigenvalue weighted by Gasteiger charge is 2.28. The Morgan fingerprint density at radius 1 is 1.22 bits per heavy atom. The SMILES string of the molecule is CCNC(c1ccc(OC)c(OC)c1)C1CCC1. The number of methoxy groups -OCH3 is 2. The summed E-state index contributed by atoms with van der Waals surface area (Å²) in [5.41, 5.74) is 1.30. The van der Waals surface area contributed by atoms with E-state index in [2.05, 4.69) is 24.4 Å². The van der Waals surface area contributed by atoms with Crippen molar-refractivity contribution in [2.24, 2.45) is 5.92 Å². The van der Waals surface area contributed by atoms with Crippen molar-refractivity contribution in [2.75, 3.05) is 20.8 Å². The number of ether oxygens (including phenoxy) is 2. The molecule has 1 N–H and O–H groups in total. The lowest BCUT2D eigenvalue weighted by Gasteiger charge is -2.34. The second-order valence-corrected chi connectivity index (χ2v) is 4.84. The van der Waals surface area contributed by atoms with Crippen LogP contribution < -0.4 is 14.8 Å². The van der Waals surface area contributed by atoms with Gasteiger partial charge in [0.25, 0.3) is 0 Å². The average Bonchev–Trinajstić information content (AvgIpc) is 2.35. The Balaban J connectivity index is 2.23. The van der Waals surface area contributed by atoms with E-state index in [0.717, 1.165) is 24.0 Å². The molecular formula is C15H23NO2. The number of hydrogen-bond donors (Lipinski definition) is 1. The van der Waals surface area contributed by atoms with Gasteiger partial charge >= 0.3 is 0 Å². The van der Waals surface area contributed by atoms with Crippen molar-refractivity contribution >= 4 is 0 Å². The largest absolute Gasteiger partial charge is 0.493 e. The van der Waals surface area contributed by atoms with Crippen molar-refractivity contribution in [3.63, 3.8) is 0 Å². The predicted molar refractivity (Wildman–Crippen MR) is 73.3 cm³/mol. The first-order chi connectivity index (χ1) is 8.80. The van der Waals surface area contributed by atoms with E-state index in [0.29, 0.717) is 6.04 Å². The molecule has 0 heterocycles. The molecule has 100 valence electrons. The minimum atomic E-state index is 0.448. The molecule has 0 saturated heterocycles. The average molecular weight is 249 g/mol. The third-order valence-electron chi connectivity index (χ3n) is 3.81. The van der Waals surface area contributed by atoms with Gasteiger partial charge in [0.05, 0.1) is 14.2 Å². The summed E-state index contributed by atoms with van der Waals surface area (Å²) in [4.78, 5) is 0. The molecule has 1 aliphatic rings. The lowest BCUT2D eigenvalue weighted by Crippen LogP contribution is -2.32. The van der Waals surface area contributed by atoms with Gasteiger partial charge < -0.3 is 14.8 Å². The summed E-state index contributed by atoms with van der Waals surface area (Å²) in [6.07, 6.45) is 4.01. The van der Waals surface area contributed by atoms with Gasteiger partial charge in [-0.25, -0.2) is 0 Å². The van der Waals surface area contributed by atoms with E-state index in [4.69, 9.17) is 9.47 Å². The van der Waals surface area contributed by atoms with Gasteiger partial charge in [-0.2, -0.15) is 0 Å². The summed E-state index contributed by atoms with van der Waals surface area (Å²) in [7, 11) is 3.36. The van der Waals surface area contributed by atoms with Gasteiger partial charge in [0, 0.05) is 6.04 Å². The predicted octanol–water partition coefficient (Wildman–Crippen LogP) is 3.15. The van der Waals surface area contributed by atoms with Crippen LogP contribution in [0.4, 0.5) is 0 Å². The summed E-state index contributed by atoms with van der Waals surface area (Å²) in [5.74, 6) is 2.38. The minimum Gasteiger partial charge on any atom is -0.493 e. The van der Waals surface area contributed by atoms with Crippen LogP contribution in [0.1, 0.15) is 37.8 Å². The minimum absolute atomic E-state index is 0.448. The Kier molecular flexibility index (Phi) is 4.48. The summed E-state index contributed by atoms with van der Waals surface area (Å²) < 4.78 is 10.7. The van der Waals surface area contributed by atoms with Gasteiger partial charge in [-0.1, -0.05) is 19.4 Å². The van der Waals surface area contributed by atoms with Gasteiger partial charge in [0.2, 0.25) is 0 Å². The van der Waals surface area contributed by atoms with E-state index < -0.39 is 0 Å². The number of hydrogen-bond acceptors (Lipinski definition) is 3. The van der Waals surface area contributed by atoms with E-state index in [1.165, 1.54) is 24.8 Å². The van der Waals surface area contributed by atoms with Crippen LogP contribution in [0.5, 0.6) is 11.5 Å².